The molecule has 3 nitrogen and oxygen atoms in total. The number of benzene rings is 2. The fourth-order valence-corrected chi connectivity index (χ4v) is 2.53. The lowest BCUT2D eigenvalue weighted by atomic mass is 10.2. The Labute approximate surface area is 114 Å². The second-order valence-electron chi connectivity index (χ2n) is 3.70. The predicted octanol–water partition coefficient (Wildman–Crippen LogP) is 3.68. The van der Waals surface area contributed by atoms with Gasteiger partial charge < -0.3 is 9.84 Å². The van der Waals surface area contributed by atoms with Crippen LogP contribution >= 0.6 is 11.8 Å². The van der Waals surface area contributed by atoms with Crippen LogP contribution in [-0.2, 0) is 0 Å². The van der Waals surface area contributed by atoms with E-state index in [0.29, 0.717) is 9.79 Å². The van der Waals surface area contributed by atoms with Gasteiger partial charge in [0, 0.05) is 9.79 Å². The molecule has 0 aromatic heterocycles. The van der Waals surface area contributed by atoms with Gasteiger partial charge in [-0.1, -0.05) is 23.9 Å². The maximum Gasteiger partial charge on any atom is 0.336 e. The summed E-state index contributed by atoms with van der Waals surface area (Å²) in [5, 5.41) is 9.09. The zero-order chi connectivity index (χ0) is 13.8. The zero-order valence-corrected chi connectivity index (χ0v) is 10.9. The zero-order valence-electron chi connectivity index (χ0n) is 10.1. The van der Waals surface area contributed by atoms with E-state index in [9.17, 15) is 9.18 Å². The molecule has 98 valence electrons. The Hall–Kier alpha value is -2.01. The van der Waals surface area contributed by atoms with Gasteiger partial charge in [-0.2, -0.15) is 0 Å². The normalized spacial score (nSPS) is 10.2. The molecular weight excluding hydrogens is 267 g/mol. The molecule has 0 aliphatic rings. The van der Waals surface area contributed by atoms with Gasteiger partial charge in [-0.25, -0.2) is 9.18 Å². The van der Waals surface area contributed by atoms with Crippen LogP contribution in [0.1, 0.15) is 10.4 Å². The Kier molecular flexibility index (Phi) is 4.06. The molecular formula is C14H11FO3S. The van der Waals surface area contributed by atoms with Crippen molar-refractivity contribution in [2.75, 3.05) is 7.11 Å². The lowest BCUT2D eigenvalue weighted by Crippen LogP contribution is -1.98. The number of carboxylic acids is 1. The monoisotopic (exact) mass is 278 g/mol. The molecule has 1 N–H and O–H groups in total. The molecule has 2 aromatic carbocycles. The summed E-state index contributed by atoms with van der Waals surface area (Å²) in [4.78, 5) is 12.4. The van der Waals surface area contributed by atoms with Crippen molar-refractivity contribution >= 4 is 17.7 Å². The molecule has 0 amide bonds. The van der Waals surface area contributed by atoms with Crippen molar-refractivity contribution in [3.8, 4) is 5.75 Å². The van der Waals surface area contributed by atoms with Crippen LogP contribution in [0, 0.1) is 5.82 Å². The molecule has 0 atom stereocenters. The fraction of sp³-hybridized carbons (Fsp3) is 0.0714. The van der Waals surface area contributed by atoms with E-state index in [1.165, 1.54) is 31.0 Å². The Morgan fingerprint density at radius 2 is 2.00 bits per heavy atom. The quantitative estimate of drug-likeness (QED) is 0.926. The van der Waals surface area contributed by atoms with Gasteiger partial charge in [-0.3, -0.25) is 0 Å². The number of ether oxygens (including phenoxy) is 1. The van der Waals surface area contributed by atoms with Crippen molar-refractivity contribution in [2.45, 2.75) is 9.79 Å². The minimum Gasteiger partial charge on any atom is -0.494 e. The predicted molar refractivity (Wildman–Crippen MR) is 70.5 cm³/mol. The highest BCUT2D eigenvalue weighted by Gasteiger charge is 2.11. The minimum absolute atomic E-state index is 0.137. The number of rotatable bonds is 4. The van der Waals surface area contributed by atoms with E-state index in [2.05, 4.69) is 0 Å². The third-order valence-corrected chi connectivity index (χ3v) is 3.53. The number of aromatic carboxylic acids is 1. The molecule has 0 aliphatic heterocycles. The fourth-order valence-electron chi connectivity index (χ4n) is 1.56. The summed E-state index contributed by atoms with van der Waals surface area (Å²) in [5.41, 5.74) is 0.218. The first kappa shape index (κ1) is 13.4. The van der Waals surface area contributed by atoms with Crippen LogP contribution in [0.3, 0.4) is 0 Å². The van der Waals surface area contributed by atoms with Crippen molar-refractivity contribution in [2.24, 2.45) is 0 Å². The van der Waals surface area contributed by atoms with Gasteiger partial charge >= 0.3 is 5.97 Å². The molecule has 5 heteroatoms. The van der Waals surface area contributed by atoms with Crippen LogP contribution in [0.25, 0.3) is 0 Å². The highest BCUT2D eigenvalue weighted by Crippen LogP contribution is 2.33. The summed E-state index contributed by atoms with van der Waals surface area (Å²) in [5.74, 6) is -1.30. The van der Waals surface area contributed by atoms with E-state index < -0.39 is 11.8 Å². The molecule has 0 bridgehead atoms. The number of carboxylic acid groups (broad SMARTS) is 1. The van der Waals surface area contributed by atoms with Crippen molar-refractivity contribution < 1.29 is 19.0 Å². The Morgan fingerprint density at radius 3 is 2.68 bits per heavy atom. The van der Waals surface area contributed by atoms with E-state index in [0.717, 1.165) is 0 Å². The van der Waals surface area contributed by atoms with Crippen LogP contribution in [0.15, 0.2) is 52.3 Å². The van der Waals surface area contributed by atoms with E-state index >= 15 is 0 Å². The lowest BCUT2D eigenvalue weighted by molar-refractivity contribution is 0.0693. The summed E-state index contributed by atoms with van der Waals surface area (Å²) in [6.07, 6.45) is 0. The van der Waals surface area contributed by atoms with E-state index in [-0.39, 0.29) is 11.3 Å². The Bertz CT molecular complexity index is 613. The Morgan fingerprint density at radius 1 is 1.26 bits per heavy atom. The van der Waals surface area contributed by atoms with Crippen LogP contribution in [0.2, 0.25) is 0 Å². The lowest BCUT2D eigenvalue weighted by Gasteiger charge is -2.07. The van der Waals surface area contributed by atoms with Gasteiger partial charge in [0.15, 0.2) is 11.6 Å². The third-order valence-electron chi connectivity index (χ3n) is 2.47. The molecule has 0 unspecified atom stereocenters. The number of methoxy groups -OCH3 is 1. The maximum atomic E-state index is 13.3. The van der Waals surface area contributed by atoms with Crippen LogP contribution in [0.4, 0.5) is 4.39 Å². The van der Waals surface area contributed by atoms with Crippen molar-refractivity contribution in [1.82, 2.24) is 0 Å². The Balaban J connectivity index is 2.34. The van der Waals surface area contributed by atoms with Gasteiger partial charge in [0.25, 0.3) is 0 Å². The molecule has 19 heavy (non-hydrogen) atoms. The second kappa shape index (κ2) is 5.75. The van der Waals surface area contributed by atoms with Crippen LogP contribution < -0.4 is 4.74 Å². The average molecular weight is 278 g/mol. The second-order valence-corrected chi connectivity index (χ2v) is 4.82. The smallest absolute Gasteiger partial charge is 0.336 e. The summed E-state index contributed by atoms with van der Waals surface area (Å²) < 4.78 is 18.2. The van der Waals surface area contributed by atoms with Crippen molar-refractivity contribution in [1.29, 1.82) is 0 Å². The molecule has 0 saturated carbocycles. The molecule has 0 radical (unpaired) electrons. The summed E-state index contributed by atoms with van der Waals surface area (Å²) in [6.45, 7) is 0. The molecule has 2 aromatic rings. The van der Waals surface area contributed by atoms with Gasteiger partial charge in [-0.15, -0.1) is 0 Å². The highest BCUT2D eigenvalue weighted by atomic mass is 32.2. The van der Waals surface area contributed by atoms with E-state index in [4.69, 9.17) is 9.84 Å². The van der Waals surface area contributed by atoms with Gasteiger partial charge in [0.05, 0.1) is 12.7 Å². The molecule has 0 fully saturated rings. The summed E-state index contributed by atoms with van der Waals surface area (Å²) >= 11 is 1.25. The average Bonchev–Trinajstić information content (AvgIpc) is 2.41. The number of halogens is 1. The SMILES string of the molecule is COc1cc(Sc2ccccc2C(=O)O)ccc1F. The standard InChI is InChI=1S/C14H11FO3S/c1-18-12-8-9(6-7-11(12)15)19-13-5-3-2-4-10(13)14(16)17/h2-8H,1H3,(H,16,17). The first-order chi connectivity index (χ1) is 9.11. The maximum absolute atomic E-state index is 13.3. The van der Waals surface area contributed by atoms with E-state index in [1.54, 1.807) is 30.3 Å². The highest BCUT2D eigenvalue weighted by molar-refractivity contribution is 7.99. The first-order valence-electron chi connectivity index (χ1n) is 5.45. The third kappa shape index (κ3) is 3.06. The van der Waals surface area contributed by atoms with Crippen LogP contribution in [-0.4, -0.2) is 18.2 Å². The largest absolute Gasteiger partial charge is 0.494 e. The first-order valence-corrected chi connectivity index (χ1v) is 6.27. The molecule has 2 rings (SSSR count). The summed E-state index contributed by atoms with van der Waals surface area (Å²) in [7, 11) is 1.39. The van der Waals surface area contributed by atoms with Crippen molar-refractivity contribution in [3.63, 3.8) is 0 Å². The number of hydrogen-bond acceptors (Lipinski definition) is 3. The van der Waals surface area contributed by atoms with Gasteiger partial charge in [0.2, 0.25) is 0 Å². The van der Waals surface area contributed by atoms with E-state index in [1.807, 2.05) is 0 Å². The molecule has 0 heterocycles. The number of hydrogen-bond donors (Lipinski definition) is 1. The topological polar surface area (TPSA) is 46.5 Å². The van der Waals surface area contributed by atoms with Crippen molar-refractivity contribution in [3.05, 3.63) is 53.8 Å². The molecule has 0 aliphatic carbocycles. The van der Waals surface area contributed by atoms with Crippen LogP contribution in [0.5, 0.6) is 5.75 Å². The molecule has 0 saturated heterocycles. The van der Waals surface area contributed by atoms with Gasteiger partial charge in [0.1, 0.15) is 0 Å². The van der Waals surface area contributed by atoms with Gasteiger partial charge in [-0.05, 0) is 30.3 Å². The minimum atomic E-state index is -0.989. The summed E-state index contributed by atoms with van der Waals surface area (Å²) in [6, 6.07) is 11.1. The molecule has 0 spiro atoms. The number of carbonyl (C=O) groups is 1.